The Morgan fingerprint density at radius 2 is 2.21 bits per heavy atom. The van der Waals surface area contributed by atoms with Gasteiger partial charge in [-0.15, -0.1) is 0 Å². The van der Waals surface area contributed by atoms with E-state index in [9.17, 15) is 4.79 Å². The molecule has 1 aliphatic carbocycles. The van der Waals surface area contributed by atoms with Crippen LogP contribution in [-0.2, 0) is 16.1 Å². The predicted octanol–water partition coefficient (Wildman–Crippen LogP) is 2.76. The smallest absolute Gasteiger partial charge is 0.329 e. The normalized spacial score (nSPS) is 18.4. The largest absolute Gasteiger partial charge is 0.480 e. The molecule has 6 heteroatoms. The van der Waals surface area contributed by atoms with Crippen LogP contribution in [0.1, 0.15) is 37.8 Å². The quantitative estimate of drug-likeness (QED) is 0.901. The Kier molecular flexibility index (Phi) is 4.62. The second kappa shape index (κ2) is 6.05. The van der Waals surface area contributed by atoms with Gasteiger partial charge < -0.3 is 9.84 Å². The summed E-state index contributed by atoms with van der Waals surface area (Å²) >= 11 is 3.44. The Hall–Kier alpha value is -0.880. The second-order valence-corrected chi connectivity index (χ2v) is 6.02. The Bertz CT molecular complexity index is 453. The molecule has 0 aliphatic heterocycles. The Morgan fingerprint density at radius 3 is 2.74 bits per heavy atom. The van der Waals surface area contributed by atoms with Crippen molar-refractivity contribution >= 4 is 21.9 Å². The molecule has 0 atom stereocenters. The van der Waals surface area contributed by atoms with E-state index in [1.54, 1.807) is 6.20 Å². The number of hydrogen-bond acceptors (Lipinski definition) is 3. The fourth-order valence-corrected chi connectivity index (χ4v) is 2.91. The Morgan fingerprint density at radius 1 is 1.53 bits per heavy atom. The van der Waals surface area contributed by atoms with Crippen LogP contribution in [0, 0.1) is 6.92 Å². The van der Waals surface area contributed by atoms with Gasteiger partial charge in [-0.3, -0.25) is 4.68 Å². The number of carboxylic acids is 1. The third kappa shape index (κ3) is 3.57. The molecule has 0 spiro atoms. The van der Waals surface area contributed by atoms with Gasteiger partial charge in [0.2, 0.25) is 0 Å². The van der Waals surface area contributed by atoms with Crippen molar-refractivity contribution in [2.45, 2.75) is 51.2 Å². The summed E-state index contributed by atoms with van der Waals surface area (Å²) < 4.78 is 8.59. The number of aromatic nitrogens is 2. The molecule has 0 bridgehead atoms. The van der Waals surface area contributed by atoms with Crippen LogP contribution in [0.25, 0.3) is 0 Å². The molecule has 2 rings (SSSR count). The first-order chi connectivity index (χ1) is 9.02. The minimum absolute atomic E-state index is 0.235. The summed E-state index contributed by atoms with van der Waals surface area (Å²) in [7, 11) is 0. The molecule has 0 radical (unpaired) electrons. The lowest BCUT2D eigenvalue weighted by Gasteiger charge is -2.37. The zero-order chi connectivity index (χ0) is 13.9. The van der Waals surface area contributed by atoms with E-state index in [1.165, 1.54) is 6.42 Å². The summed E-state index contributed by atoms with van der Waals surface area (Å²) in [4.78, 5) is 10.8. The van der Waals surface area contributed by atoms with Crippen molar-refractivity contribution in [2.75, 3.05) is 6.61 Å². The number of rotatable bonds is 5. The number of carbonyl (C=O) groups is 1. The van der Waals surface area contributed by atoms with Crippen molar-refractivity contribution in [1.29, 1.82) is 0 Å². The summed E-state index contributed by atoms with van der Waals surface area (Å²) in [6, 6.07) is 0. The minimum atomic E-state index is -0.914. The molecule has 1 aliphatic rings. The average molecular weight is 331 g/mol. The number of aliphatic carboxylic acids is 1. The van der Waals surface area contributed by atoms with Gasteiger partial charge in [0, 0.05) is 5.69 Å². The maximum Gasteiger partial charge on any atom is 0.329 e. The van der Waals surface area contributed by atoms with Crippen LogP contribution in [-0.4, -0.2) is 33.1 Å². The van der Waals surface area contributed by atoms with Crippen LogP contribution < -0.4 is 0 Å². The number of halogens is 1. The Labute approximate surface area is 121 Å². The molecule has 1 heterocycles. The lowest BCUT2D eigenvalue weighted by Crippen LogP contribution is -2.41. The summed E-state index contributed by atoms with van der Waals surface area (Å²) in [6.07, 6.45) is 6.93. The van der Waals surface area contributed by atoms with Crippen LogP contribution in [0.15, 0.2) is 10.7 Å². The van der Waals surface area contributed by atoms with E-state index in [2.05, 4.69) is 21.0 Å². The maximum atomic E-state index is 10.8. The number of carboxylic acid groups (broad SMARTS) is 1. The standard InChI is InChI=1S/C13H19BrN2O3/c1-10-11(14)7-15-16(10)9-13(19-8-12(17)18)5-3-2-4-6-13/h7H,2-6,8-9H2,1H3,(H,17,18). The lowest BCUT2D eigenvalue weighted by molar-refractivity contribution is -0.154. The van der Waals surface area contributed by atoms with E-state index in [0.29, 0.717) is 6.54 Å². The highest BCUT2D eigenvalue weighted by Gasteiger charge is 2.35. The molecule has 0 aromatic carbocycles. The van der Waals surface area contributed by atoms with Crippen LogP contribution in [0.2, 0.25) is 0 Å². The monoisotopic (exact) mass is 330 g/mol. The molecule has 5 nitrogen and oxygen atoms in total. The first-order valence-corrected chi connectivity index (χ1v) is 7.35. The zero-order valence-electron chi connectivity index (χ0n) is 11.1. The highest BCUT2D eigenvalue weighted by atomic mass is 79.9. The van der Waals surface area contributed by atoms with Crippen molar-refractivity contribution < 1.29 is 14.6 Å². The van der Waals surface area contributed by atoms with Crippen molar-refractivity contribution in [2.24, 2.45) is 0 Å². The summed E-state index contributed by atoms with van der Waals surface area (Å²) in [5.74, 6) is -0.914. The molecule has 1 aromatic heterocycles. The van der Waals surface area contributed by atoms with Crippen molar-refractivity contribution in [1.82, 2.24) is 9.78 Å². The molecule has 1 fully saturated rings. The summed E-state index contributed by atoms with van der Waals surface area (Å²) in [5.41, 5.74) is 0.663. The van der Waals surface area contributed by atoms with Gasteiger partial charge in [-0.1, -0.05) is 19.3 Å². The number of ether oxygens (including phenoxy) is 1. The highest BCUT2D eigenvalue weighted by Crippen LogP contribution is 2.33. The molecule has 0 saturated heterocycles. The molecule has 19 heavy (non-hydrogen) atoms. The number of hydrogen-bond donors (Lipinski definition) is 1. The third-order valence-electron chi connectivity index (χ3n) is 3.75. The number of nitrogens with zero attached hydrogens (tertiary/aromatic N) is 2. The van der Waals surface area contributed by atoms with Crippen molar-refractivity contribution in [3.05, 3.63) is 16.4 Å². The van der Waals surface area contributed by atoms with Gasteiger partial charge in [0.05, 0.1) is 22.8 Å². The molecular formula is C13H19BrN2O3. The first kappa shape index (κ1) is 14.5. The minimum Gasteiger partial charge on any atom is -0.480 e. The molecule has 106 valence electrons. The highest BCUT2D eigenvalue weighted by molar-refractivity contribution is 9.10. The summed E-state index contributed by atoms with van der Waals surface area (Å²) in [6.45, 7) is 2.38. The second-order valence-electron chi connectivity index (χ2n) is 5.16. The van der Waals surface area contributed by atoms with Crippen LogP contribution >= 0.6 is 15.9 Å². The van der Waals surface area contributed by atoms with E-state index in [4.69, 9.17) is 9.84 Å². The fourth-order valence-electron chi connectivity index (χ4n) is 2.62. The van der Waals surface area contributed by atoms with Gasteiger partial charge in [0.15, 0.2) is 0 Å². The van der Waals surface area contributed by atoms with E-state index in [1.807, 2.05) is 11.6 Å². The topological polar surface area (TPSA) is 64.4 Å². The predicted molar refractivity (Wildman–Crippen MR) is 74.1 cm³/mol. The molecular weight excluding hydrogens is 312 g/mol. The van der Waals surface area contributed by atoms with Gasteiger partial charge >= 0.3 is 5.97 Å². The van der Waals surface area contributed by atoms with Crippen molar-refractivity contribution in [3.8, 4) is 0 Å². The van der Waals surface area contributed by atoms with E-state index in [-0.39, 0.29) is 12.2 Å². The van der Waals surface area contributed by atoms with Crippen molar-refractivity contribution in [3.63, 3.8) is 0 Å². The van der Waals surface area contributed by atoms with E-state index >= 15 is 0 Å². The fraction of sp³-hybridized carbons (Fsp3) is 0.692. The molecule has 1 saturated carbocycles. The molecule has 0 amide bonds. The van der Waals surface area contributed by atoms with Crippen LogP contribution in [0.4, 0.5) is 0 Å². The average Bonchev–Trinajstić information content (AvgIpc) is 2.70. The van der Waals surface area contributed by atoms with Gasteiger partial charge in [-0.25, -0.2) is 4.79 Å². The van der Waals surface area contributed by atoms with Gasteiger partial charge in [0.1, 0.15) is 6.61 Å². The molecule has 1 N–H and O–H groups in total. The maximum absolute atomic E-state index is 10.8. The van der Waals surface area contributed by atoms with E-state index in [0.717, 1.165) is 35.8 Å². The van der Waals surface area contributed by atoms with Gasteiger partial charge in [0.25, 0.3) is 0 Å². The van der Waals surface area contributed by atoms with Gasteiger partial charge in [-0.2, -0.15) is 5.10 Å². The Balaban J connectivity index is 2.13. The third-order valence-corrected chi connectivity index (χ3v) is 4.53. The van der Waals surface area contributed by atoms with Crippen LogP contribution in [0.5, 0.6) is 0 Å². The lowest BCUT2D eigenvalue weighted by atomic mass is 9.84. The van der Waals surface area contributed by atoms with E-state index < -0.39 is 5.97 Å². The zero-order valence-corrected chi connectivity index (χ0v) is 12.6. The molecule has 0 unspecified atom stereocenters. The van der Waals surface area contributed by atoms with Crippen LogP contribution in [0.3, 0.4) is 0 Å². The molecule has 1 aromatic rings. The van der Waals surface area contributed by atoms with Gasteiger partial charge in [-0.05, 0) is 35.7 Å². The SMILES string of the molecule is Cc1c(Br)cnn1CC1(OCC(=O)O)CCCCC1. The first-order valence-electron chi connectivity index (χ1n) is 6.56. The summed E-state index contributed by atoms with van der Waals surface area (Å²) in [5, 5.41) is 13.2.